The summed E-state index contributed by atoms with van der Waals surface area (Å²) in [5, 5.41) is 3.19. The molecule has 0 bridgehead atoms. The number of hydrogen-bond donors (Lipinski definition) is 2. The van der Waals surface area contributed by atoms with Gasteiger partial charge < -0.3 is 20.5 Å². The number of hydrogen-bond acceptors (Lipinski definition) is 4. The highest BCUT2D eigenvalue weighted by molar-refractivity contribution is 5.68. The van der Waals surface area contributed by atoms with Crippen LogP contribution >= 0.6 is 0 Å². The second kappa shape index (κ2) is 7.33. The van der Waals surface area contributed by atoms with Gasteiger partial charge in [-0.1, -0.05) is 6.92 Å². The summed E-state index contributed by atoms with van der Waals surface area (Å²) in [4.78, 5) is 0. The van der Waals surface area contributed by atoms with Crippen molar-refractivity contribution >= 4 is 11.4 Å². The van der Waals surface area contributed by atoms with Crippen LogP contribution < -0.4 is 15.8 Å². The monoisotopic (exact) mass is 284 g/mol. The third-order valence-corrected chi connectivity index (χ3v) is 2.81. The summed E-state index contributed by atoms with van der Waals surface area (Å²) in [6, 6.07) is 2.88. The molecule has 0 unspecified atom stereocenters. The second-order valence-corrected chi connectivity index (χ2v) is 5.26. The van der Waals surface area contributed by atoms with E-state index in [0.29, 0.717) is 31.1 Å². The van der Waals surface area contributed by atoms with Gasteiger partial charge in [0.15, 0.2) is 11.6 Å². The lowest BCUT2D eigenvalue weighted by molar-refractivity contribution is 0.000705. The molecule has 0 aromatic heterocycles. The van der Waals surface area contributed by atoms with E-state index in [9.17, 15) is 4.39 Å². The average Bonchev–Trinajstić information content (AvgIpc) is 2.36. The Labute approximate surface area is 120 Å². The van der Waals surface area contributed by atoms with Gasteiger partial charge in [0.25, 0.3) is 0 Å². The first kappa shape index (κ1) is 16.6. The highest BCUT2D eigenvalue weighted by atomic mass is 19.1. The normalized spacial score (nSPS) is 11.4. The van der Waals surface area contributed by atoms with Crippen LogP contribution in [0.3, 0.4) is 0 Å². The van der Waals surface area contributed by atoms with Gasteiger partial charge in [-0.25, -0.2) is 4.39 Å². The number of benzene rings is 1. The smallest absolute Gasteiger partial charge is 0.167 e. The third-order valence-electron chi connectivity index (χ3n) is 2.81. The summed E-state index contributed by atoms with van der Waals surface area (Å²) >= 11 is 0. The van der Waals surface area contributed by atoms with Crippen molar-refractivity contribution in [3.05, 3.63) is 17.9 Å². The molecule has 1 rings (SSSR count). The van der Waals surface area contributed by atoms with Crippen molar-refractivity contribution in [1.29, 1.82) is 0 Å². The molecule has 0 aliphatic carbocycles. The number of halogens is 1. The molecule has 0 saturated heterocycles. The summed E-state index contributed by atoms with van der Waals surface area (Å²) in [6.45, 7) is 9.58. The van der Waals surface area contributed by atoms with Crippen LogP contribution in [0.1, 0.15) is 34.1 Å². The van der Waals surface area contributed by atoms with Gasteiger partial charge in [0, 0.05) is 25.3 Å². The third kappa shape index (κ3) is 4.89. The fourth-order valence-corrected chi connectivity index (χ4v) is 1.79. The van der Waals surface area contributed by atoms with E-state index >= 15 is 0 Å². The molecular weight excluding hydrogens is 259 g/mol. The predicted molar refractivity (Wildman–Crippen MR) is 80.8 cm³/mol. The minimum atomic E-state index is -0.439. The van der Waals surface area contributed by atoms with Crippen molar-refractivity contribution in [1.82, 2.24) is 0 Å². The first-order valence-electron chi connectivity index (χ1n) is 6.99. The molecule has 0 amide bonds. The number of nitrogens with two attached hydrogens (primary N) is 1. The minimum absolute atomic E-state index is 0.220. The predicted octanol–water partition coefficient (Wildman–Crippen LogP) is 3.42. The zero-order valence-corrected chi connectivity index (χ0v) is 12.8. The first-order chi connectivity index (χ1) is 9.39. The van der Waals surface area contributed by atoms with Crippen molar-refractivity contribution in [3.63, 3.8) is 0 Å². The molecule has 0 fully saturated rings. The molecule has 1 aromatic carbocycles. The standard InChI is InChI=1S/C15H25FN2O2/c1-5-7-19-14-9-13(12(17)8-11(14)16)18-10-15(3,4)20-6-2/h8-9,18H,5-7,10,17H2,1-4H3. The highest BCUT2D eigenvalue weighted by Crippen LogP contribution is 2.29. The number of ether oxygens (including phenoxy) is 2. The van der Waals surface area contributed by atoms with Crippen LogP contribution in [0.25, 0.3) is 0 Å². The zero-order valence-electron chi connectivity index (χ0n) is 12.8. The topological polar surface area (TPSA) is 56.5 Å². The Bertz CT molecular complexity index is 436. The Kier molecular flexibility index (Phi) is 6.07. The molecule has 0 spiro atoms. The van der Waals surface area contributed by atoms with Crippen molar-refractivity contribution in [2.45, 2.75) is 39.7 Å². The Morgan fingerprint density at radius 3 is 2.60 bits per heavy atom. The van der Waals surface area contributed by atoms with Crippen LogP contribution in [0.2, 0.25) is 0 Å². The average molecular weight is 284 g/mol. The van der Waals surface area contributed by atoms with Gasteiger partial charge in [0.05, 0.1) is 23.6 Å². The van der Waals surface area contributed by atoms with Crippen molar-refractivity contribution in [3.8, 4) is 5.75 Å². The molecular formula is C15H25FN2O2. The summed E-state index contributed by atoms with van der Waals surface area (Å²) in [5.41, 5.74) is 6.52. The van der Waals surface area contributed by atoms with Gasteiger partial charge in [-0.3, -0.25) is 0 Å². The fraction of sp³-hybridized carbons (Fsp3) is 0.600. The van der Waals surface area contributed by atoms with Crippen LogP contribution in [-0.2, 0) is 4.74 Å². The number of nitrogens with one attached hydrogen (secondary N) is 1. The maximum atomic E-state index is 13.7. The van der Waals surface area contributed by atoms with Crippen molar-refractivity contribution in [2.24, 2.45) is 0 Å². The quantitative estimate of drug-likeness (QED) is 0.718. The van der Waals surface area contributed by atoms with E-state index in [0.717, 1.165) is 6.42 Å². The summed E-state index contributed by atoms with van der Waals surface area (Å²) in [7, 11) is 0. The Balaban J connectivity index is 2.79. The zero-order chi connectivity index (χ0) is 15.2. The molecule has 0 heterocycles. The van der Waals surface area contributed by atoms with Gasteiger partial charge in [-0.15, -0.1) is 0 Å². The largest absolute Gasteiger partial charge is 0.490 e. The van der Waals surface area contributed by atoms with Gasteiger partial charge in [0.2, 0.25) is 0 Å². The summed E-state index contributed by atoms with van der Waals surface area (Å²) in [6.07, 6.45) is 0.823. The fourth-order valence-electron chi connectivity index (χ4n) is 1.79. The first-order valence-corrected chi connectivity index (χ1v) is 6.99. The Morgan fingerprint density at radius 2 is 2.00 bits per heavy atom. The number of anilines is 2. The van der Waals surface area contributed by atoms with E-state index in [2.05, 4.69) is 5.32 Å². The lowest BCUT2D eigenvalue weighted by Crippen LogP contribution is -2.33. The van der Waals surface area contributed by atoms with Crippen molar-refractivity contribution in [2.75, 3.05) is 30.8 Å². The van der Waals surface area contributed by atoms with Crippen LogP contribution in [0.15, 0.2) is 12.1 Å². The molecule has 5 heteroatoms. The van der Waals surface area contributed by atoms with Gasteiger partial charge in [-0.05, 0) is 27.2 Å². The maximum absolute atomic E-state index is 13.7. The van der Waals surface area contributed by atoms with Gasteiger partial charge in [-0.2, -0.15) is 0 Å². The molecule has 20 heavy (non-hydrogen) atoms. The number of rotatable bonds is 8. The molecule has 0 atom stereocenters. The van der Waals surface area contributed by atoms with E-state index in [4.69, 9.17) is 15.2 Å². The van der Waals surface area contributed by atoms with Crippen LogP contribution in [-0.4, -0.2) is 25.4 Å². The molecule has 0 radical (unpaired) electrons. The summed E-state index contributed by atoms with van der Waals surface area (Å²) in [5.74, 6) is -0.219. The molecule has 4 nitrogen and oxygen atoms in total. The lowest BCUT2D eigenvalue weighted by Gasteiger charge is -2.26. The SMILES string of the molecule is CCCOc1cc(NCC(C)(C)OCC)c(N)cc1F. The van der Waals surface area contributed by atoms with E-state index in [1.54, 1.807) is 6.07 Å². The van der Waals surface area contributed by atoms with E-state index in [-0.39, 0.29) is 11.4 Å². The van der Waals surface area contributed by atoms with Crippen LogP contribution in [0.4, 0.5) is 15.8 Å². The Morgan fingerprint density at radius 1 is 1.30 bits per heavy atom. The summed E-state index contributed by atoms with van der Waals surface area (Å²) < 4.78 is 24.7. The minimum Gasteiger partial charge on any atom is -0.490 e. The van der Waals surface area contributed by atoms with E-state index < -0.39 is 5.82 Å². The van der Waals surface area contributed by atoms with Crippen LogP contribution in [0, 0.1) is 5.82 Å². The Hall–Kier alpha value is -1.49. The molecule has 3 N–H and O–H groups in total. The van der Waals surface area contributed by atoms with Crippen molar-refractivity contribution < 1.29 is 13.9 Å². The lowest BCUT2D eigenvalue weighted by atomic mass is 10.1. The van der Waals surface area contributed by atoms with E-state index in [1.165, 1.54) is 6.07 Å². The highest BCUT2D eigenvalue weighted by Gasteiger charge is 2.18. The van der Waals surface area contributed by atoms with Gasteiger partial charge in [0.1, 0.15) is 0 Å². The molecule has 1 aromatic rings. The van der Waals surface area contributed by atoms with E-state index in [1.807, 2.05) is 27.7 Å². The maximum Gasteiger partial charge on any atom is 0.167 e. The molecule has 0 aliphatic rings. The van der Waals surface area contributed by atoms with Crippen LogP contribution in [0.5, 0.6) is 5.75 Å². The second-order valence-electron chi connectivity index (χ2n) is 5.26. The van der Waals surface area contributed by atoms with Gasteiger partial charge >= 0.3 is 0 Å². The molecule has 0 saturated carbocycles. The molecule has 0 aliphatic heterocycles. The number of nitrogen functional groups attached to an aromatic ring is 1. The molecule has 114 valence electrons.